The molecule has 1 aromatic heterocycles. The molecule has 0 spiro atoms. The maximum atomic E-state index is 5.33. The minimum atomic E-state index is 0.405. The van der Waals surface area contributed by atoms with Crippen molar-refractivity contribution in [1.82, 2.24) is 9.97 Å². The van der Waals surface area contributed by atoms with Gasteiger partial charge in [-0.3, -0.25) is 5.43 Å². The van der Waals surface area contributed by atoms with Gasteiger partial charge in [0.05, 0.1) is 0 Å². The Morgan fingerprint density at radius 1 is 1.11 bits per heavy atom. The molecule has 0 amide bonds. The van der Waals surface area contributed by atoms with Gasteiger partial charge in [0, 0.05) is 17.4 Å². The molecule has 5 nitrogen and oxygen atoms in total. The highest BCUT2D eigenvalue weighted by Gasteiger charge is 2.04. The predicted molar refractivity (Wildman–Crippen MR) is 73.8 cm³/mol. The van der Waals surface area contributed by atoms with E-state index in [1.165, 1.54) is 11.1 Å². The van der Waals surface area contributed by atoms with E-state index >= 15 is 0 Å². The number of anilines is 3. The van der Waals surface area contributed by atoms with Crippen molar-refractivity contribution in [2.24, 2.45) is 5.84 Å². The number of rotatable bonds is 3. The number of hydrogen-bond acceptors (Lipinski definition) is 5. The summed E-state index contributed by atoms with van der Waals surface area (Å²) < 4.78 is 0. The summed E-state index contributed by atoms with van der Waals surface area (Å²) >= 11 is 0. The van der Waals surface area contributed by atoms with Crippen LogP contribution in [0.1, 0.15) is 16.8 Å². The van der Waals surface area contributed by atoms with Crippen LogP contribution in [0, 0.1) is 20.8 Å². The van der Waals surface area contributed by atoms with E-state index in [4.69, 9.17) is 5.84 Å². The molecule has 0 aliphatic heterocycles. The molecular weight excluding hydrogens is 226 g/mol. The number of benzene rings is 1. The lowest BCUT2D eigenvalue weighted by molar-refractivity contribution is 1.07. The molecule has 0 fully saturated rings. The summed E-state index contributed by atoms with van der Waals surface area (Å²) in [5.74, 6) is 6.46. The Balaban J connectivity index is 2.34. The Morgan fingerprint density at radius 2 is 1.89 bits per heavy atom. The average molecular weight is 243 g/mol. The lowest BCUT2D eigenvalue weighted by atomic mass is 10.1. The highest BCUT2D eigenvalue weighted by atomic mass is 15.3. The molecule has 0 saturated carbocycles. The third-order valence-electron chi connectivity index (χ3n) is 2.85. The summed E-state index contributed by atoms with van der Waals surface area (Å²) in [7, 11) is 0. The van der Waals surface area contributed by atoms with Gasteiger partial charge in [-0.2, -0.15) is 4.98 Å². The molecule has 1 aromatic carbocycles. The molecule has 94 valence electrons. The zero-order chi connectivity index (χ0) is 13.1. The molecule has 0 aliphatic rings. The van der Waals surface area contributed by atoms with Gasteiger partial charge in [-0.1, -0.05) is 12.1 Å². The molecule has 0 radical (unpaired) electrons. The van der Waals surface area contributed by atoms with Gasteiger partial charge in [0.1, 0.15) is 5.82 Å². The number of nitrogens with one attached hydrogen (secondary N) is 2. The van der Waals surface area contributed by atoms with Crippen LogP contribution in [0.4, 0.5) is 17.5 Å². The number of nitrogen functional groups attached to an aromatic ring is 1. The summed E-state index contributed by atoms with van der Waals surface area (Å²) in [4.78, 5) is 8.41. The molecule has 0 atom stereocenters. The number of aryl methyl sites for hydroxylation is 2. The van der Waals surface area contributed by atoms with Gasteiger partial charge >= 0.3 is 0 Å². The zero-order valence-electron chi connectivity index (χ0n) is 10.8. The summed E-state index contributed by atoms with van der Waals surface area (Å²) in [6.45, 7) is 6.06. The summed E-state index contributed by atoms with van der Waals surface area (Å²) in [6.07, 6.45) is 0. The Hall–Kier alpha value is -2.14. The van der Waals surface area contributed by atoms with Crippen LogP contribution in [0.3, 0.4) is 0 Å². The van der Waals surface area contributed by atoms with Crippen molar-refractivity contribution in [1.29, 1.82) is 0 Å². The zero-order valence-corrected chi connectivity index (χ0v) is 10.8. The van der Waals surface area contributed by atoms with E-state index in [-0.39, 0.29) is 0 Å². The van der Waals surface area contributed by atoms with Crippen LogP contribution < -0.4 is 16.6 Å². The lowest BCUT2D eigenvalue weighted by Crippen LogP contribution is -2.12. The molecule has 0 unspecified atom stereocenters. The first kappa shape index (κ1) is 12.3. The highest BCUT2D eigenvalue weighted by molar-refractivity contribution is 5.62. The van der Waals surface area contributed by atoms with Crippen LogP contribution >= 0.6 is 0 Å². The third-order valence-corrected chi connectivity index (χ3v) is 2.85. The van der Waals surface area contributed by atoms with Crippen molar-refractivity contribution < 1.29 is 0 Å². The van der Waals surface area contributed by atoms with Gasteiger partial charge in [0.2, 0.25) is 5.95 Å². The Labute approximate surface area is 106 Å². The second-order valence-corrected chi connectivity index (χ2v) is 4.23. The van der Waals surface area contributed by atoms with Crippen LogP contribution in [0.15, 0.2) is 24.3 Å². The topological polar surface area (TPSA) is 75.9 Å². The summed E-state index contributed by atoms with van der Waals surface area (Å²) in [5, 5.41) is 3.28. The molecule has 18 heavy (non-hydrogen) atoms. The smallest absolute Gasteiger partial charge is 0.239 e. The van der Waals surface area contributed by atoms with Crippen LogP contribution in [0.2, 0.25) is 0 Å². The van der Waals surface area contributed by atoms with Gasteiger partial charge < -0.3 is 5.32 Å². The van der Waals surface area contributed by atoms with Crippen LogP contribution in [0.5, 0.6) is 0 Å². The second-order valence-electron chi connectivity index (χ2n) is 4.23. The number of aromatic nitrogens is 2. The van der Waals surface area contributed by atoms with E-state index in [9.17, 15) is 0 Å². The van der Waals surface area contributed by atoms with Crippen molar-refractivity contribution in [3.8, 4) is 0 Å². The third kappa shape index (κ3) is 2.57. The highest BCUT2D eigenvalue weighted by Crippen LogP contribution is 2.22. The average Bonchev–Trinajstić information content (AvgIpc) is 2.34. The fourth-order valence-corrected chi connectivity index (χ4v) is 1.72. The van der Waals surface area contributed by atoms with Crippen LogP contribution in [-0.2, 0) is 0 Å². The largest absolute Gasteiger partial charge is 0.340 e. The molecule has 0 bridgehead atoms. The normalized spacial score (nSPS) is 10.2. The quantitative estimate of drug-likeness (QED) is 0.570. The number of nitrogens with two attached hydrogens (primary N) is 1. The molecule has 0 aliphatic carbocycles. The molecular formula is C13H17N5. The standard InChI is InChI=1S/C13H17N5/c1-8-5-4-6-11(10(8)3)16-12-7-9(2)15-13(17-12)18-14/h4-7H,14H2,1-3H3,(H2,15,16,17,18). The summed E-state index contributed by atoms with van der Waals surface area (Å²) in [6, 6.07) is 8.00. The lowest BCUT2D eigenvalue weighted by Gasteiger charge is -2.11. The maximum Gasteiger partial charge on any atom is 0.239 e. The monoisotopic (exact) mass is 243 g/mol. The minimum Gasteiger partial charge on any atom is -0.340 e. The molecule has 4 N–H and O–H groups in total. The van der Waals surface area contributed by atoms with Crippen molar-refractivity contribution in [3.05, 3.63) is 41.1 Å². The SMILES string of the molecule is Cc1cc(Nc2cccc(C)c2C)nc(NN)n1. The summed E-state index contributed by atoms with van der Waals surface area (Å²) in [5.41, 5.74) is 6.79. The Bertz CT molecular complexity index is 565. The number of nitrogens with zero attached hydrogens (tertiary/aromatic N) is 2. The number of hydrazine groups is 1. The molecule has 2 aromatic rings. The maximum absolute atomic E-state index is 5.33. The van der Waals surface area contributed by atoms with Gasteiger partial charge in [0.15, 0.2) is 0 Å². The first-order valence-electron chi connectivity index (χ1n) is 5.75. The Kier molecular flexibility index (Phi) is 3.43. The molecule has 2 rings (SSSR count). The number of hydrogen-bond donors (Lipinski definition) is 3. The molecule has 5 heteroatoms. The second kappa shape index (κ2) is 5.01. The first-order chi connectivity index (χ1) is 8.60. The fraction of sp³-hybridized carbons (Fsp3) is 0.231. The fourth-order valence-electron chi connectivity index (χ4n) is 1.72. The van der Waals surface area contributed by atoms with Crippen molar-refractivity contribution >= 4 is 17.5 Å². The van der Waals surface area contributed by atoms with Crippen LogP contribution in [0.25, 0.3) is 0 Å². The van der Waals surface area contributed by atoms with Crippen molar-refractivity contribution in [2.45, 2.75) is 20.8 Å². The van der Waals surface area contributed by atoms with Gasteiger partial charge in [-0.05, 0) is 38.0 Å². The van der Waals surface area contributed by atoms with E-state index in [1.54, 1.807) is 0 Å². The van der Waals surface area contributed by atoms with E-state index < -0.39 is 0 Å². The van der Waals surface area contributed by atoms with Gasteiger partial charge in [-0.25, -0.2) is 10.8 Å². The minimum absolute atomic E-state index is 0.405. The van der Waals surface area contributed by atoms with E-state index in [2.05, 4.69) is 40.6 Å². The first-order valence-corrected chi connectivity index (χ1v) is 5.75. The molecule has 1 heterocycles. The van der Waals surface area contributed by atoms with Crippen molar-refractivity contribution in [2.75, 3.05) is 10.7 Å². The van der Waals surface area contributed by atoms with Gasteiger partial charge in [-0.15, -0.1) is 0 Å². The molecule has 0 saturated heterocycles. The van der Waals surface area contributed by atoms with E-state index in [0.29, 0.717) is 5.95 Å². The van der Waals surface area contributed by atoms with Crippen molar-refractivity contribution in [3.63, 3.8) is 0 Å². The van der Waals surface area contributed by atoms with Gasteiger partial charge in [0.25, 0.3) is 0 Å². The predicted octanol–water partition coefficient (Wildman–Crippen LogP) is 2.43. The Morgan fingerprint density at radius 3 is 2.61 bits per heavy atom. The van der Waals surface area contributed by atoms with E-state index in [1.807, 2.05) is 25.1 Å². The van der Waals surface area contributed by atoms with Crippen LogP contribution in [-0.4, -0.2) is 9.97 Å². The van der Waals surface area contributed by atoms with E-state index in [0.717, 1.165) is 17.2 Å².